The van der Waals surface area contributed by atoms with E-state index in [2.05, 4.69) is 46.6 Å². The standard InChI is InChI=1S/C34H38N2O3/c1-3-10-31(33(38)39)35-32(37)29-18-15-26(21-30(29)28-14-8-7-11-24(28)2)23-36(27-16-17-27)34(19-9-20-34)22-25-12-5-4-6-13-25/h3-8,10-15,18,21,27,31H,9,16-17,19-20,22-23H2,1-2H3,(H,35,37)(H,38,39)/b10-3+/t31-/m0/s1. The van der Waals surface area contributed by atoms with Crippen LogP contribution in [0.2, 0.25) is 0 Å². The first-order valence-electron chi connectivity index (χ1n) is 14.1. The van der Waals surface area contributed by atoms with Crippen LogP contribution in [0.15, 0.2) is 84.9 Å². The first kappa shape index (κ1) is 26.9. The summed E-state index contributed by atoms with van der Waals surface area (Å²) >= 11 is 0. The van der Waals surface area contributed by atoms with Crippen LogP contribution >= 0.6 is 0 Å². The number of amides is 1. The summed E-state index contributed by atoms with van der Waals surface area (Å²) in [6.45, 7) is 4.63. The molecule has 1 amide bonds. The van der Waals surface area contributed by atoms with Crippen molar-refractivity contribution in [1.82, 2.24) is 10.2 Å². The topological polar surface area (TPSA) is 69.6 Å². The van der Waals surface area contributed by atoms with E-state index in [9.17, 15) is 14.7 Å². The molecule has 0 radical (unpaired) electrons. The minimum Gasteiger partial charge on any atom is -0.479 e. The van der Waals surface area contributed by atoms with E-state index in [0.717, 1.165) is 29.7 Å². The lowest BCUT2D eigenvalue weighted by molar-refractivity contribution is -0.137. The van der Waals surface area contributed by atoms with Gasteiger partial charge in [-0.3, -0.25) is 9.69 Å². The van der Waals surface area contributed by atoms with E-state index in [1.165, 1.54) is 49.3 Å². The molecule has 2 N–H and O–H groups in total. The van der Waals surface area contributed by atoms with Crippen LogP contribution in [0.3, 0.4) is 0 Å². The van der Waals surface area contributed by atoms with Crippen LogP contribution in [-0.2, 0) is 17.8 Å². The monoisotopic (exact) mass is 522 g/mol. The molecule has 0 aliphatic heterocycles. The van der Waals surface area contributed by atoms with Gasteiger partial charge in [0.15, 0.2) is 0 Å². The summed E-state index contributed by atoms with van der Waals surface area (Å²) in [5.41, 5.74) is 6.15. The number of carbonyl (C=O) groups excluding carboxylic acids is 1. The van der Waals surface area contributed by atoms with Gasteiger partial charge in [0.2, 0.25) is 0 Å². The van der Waals surface area contributed by atoms with Gasteiger partial charge in [0.1, 0.15) is 6.04 Å². The summed E-state index contributed by atoms with van der Waals surface area (Å²) in [4.78, 5) is 27.8. The molecule has 0 heterocycles. The average molecular weight is 523 g/mol. The molecule has 0 spiro atoms. The second-order valence-electron chi connectivity index (χ2n) is 11.1. The number of carboxylic acid groups (broad SMARTS) is 1. The molecule has 0 aromatic heterocycles. The first-order chi connectivity index (χ1) is 18.9. The molecule has 2 aliphatic carbocycles. The molecule has 5 nitrogen and oxygen atoms in total. The van der Waals surface area contributed by atoms with Crippen molar-refractivity contribution in [3.63, 3.8) is 0 Å². The molecule has 5 rings (SSSR count). The maximum absolute atomic E-state index is 13.4. The van der Waals surface area contributed by atoms with E-state index in [1.54, 1.807) is 13.0 Å². The summed E-state index contributed by atoms with van der Waals surface area (Å²) < 4.78 is 0. The minimum absolute atomic E-state index is 0.183. The number of carboxylic acids is 1. The van der Waals surface area contributed by atoms with Gasteiger partial charge in [0, 0.05) is 23.7 Å². The second kappa shape index (κ2) is 11.6. The van der Waals surface area contributed by atoms with Crippen LogP contribution < -0.4 is 5.32 Å². The smallest absolute Gasteiger partial charge is 0.330 e. The molecule has 0 unspecified atom stereocenters. The number of nitrogens with zero attached hydrogens (tertiary/aromatic N) is 1. The number of benzene rings is 3. The van der Waals surface area contributed by atoms with E-state index in [1.807, 2.05) is 43.3 Å². The van der Waals surface area contributed by atoms with Crippen LogP contribution in [0.4, 0.5) is 0 Å². The normalized spacial score (nSPS) is 17.1. The maximum Gasteiger partial charge on any atom is 0.330 e. The Morgan fingerprint density at radius 3 is 2.33 bits per heavy atom. The molecule has 2 fully saturated rings. The summed E-state index contributed by atoms with van der Waals surface area (Å²) in [7, 11) is 0. The number of allylic oxidation sites excluding steroid dienone is 1. The highest BCUT2D eigenvalue weighted by Crippen LogP contribution is 2.47. The molecule has 3 aromatic rings. The maximum atomic E-state index is 13.4. The van der Waals surface area contributed by atoms with Gasteiger partial charge in [-0.15, -0.1) is 0 Å². The highest BCUT2D eigenvalue weighted by atomic mass is 16.4. The summed E-state index contributed by atoms with van der Waals surface area (Å²) in [5, 5.41) is 12.3. The lowest BCUT2D eigenvalue weighted by Crippen LogP contribution is -2.55. The van der Waals surface area contributed by atoms with Crippen molar-refractivity contribution in [2.24, 2.45) is 0 Å². The number of hydrogen-bond acceptors (Lipinski definition) is 3. The quantitative estimate of drug-likeness (QED) is 0.280. The van der Waals surface area contributed by atoms with E-state index in [0.29, 0.717) is 11.6 Å². The van der Waals surface area contributed by atoms with Crippen LogP contribution in [0.1, 0.15) is 66.1 Å². The second-order valence-corrected chi connectivity index (χ2v) is 11.1. The Balaban J connectivity index is 1.48. The van der Waals surface area contributed by atoms with Gasteiger partial charge in [0.25, 0.3) is 5.91 Å². The Hall–Kier alpha value is -3.70. The number of carbonyl (C=O) groups is 2. The van der Waals surface area contributed by atoms with Crippen molar-refractivity contribution < 1.29 is 14.7 Å². The number of aryl methyl sites for hydroxylation is 1. The zero-order valence-corrected chi connectivity index (χ0v) is 22.9. The van der Waals surface area contributed by atoms with Crippen LogP contribution in [0.25, 0.3) is 11.1 Å². The molecule has 1 atom stereocenters. The third-order valence-electron chi connectivity index (χ3n) is 8.31. The van der Waals surface area contributed by atoms with E-state index in [-0.39, 0.29) is 11.4 Å². The first-order valence-corrected chi connectivity index (χ1v) is 14.1. The Labute approximate surface area is 231 Å². The van der Waals surface area contributed by atoms with Crippen molar-refractivity contribution >= 4 is 11.9 Å². The van der Waals surface area contributed by atoms with Crippen LogP contribution in [0.5, 0.6) is 0 Å². The fraction of sp³-hybridized carbons (Fsp3) is 0.353. The Morgan fingerprint density at radius 1 is 1.00 bits per heavy atom. The number of aliphatic carboxylic acids is 1. The zero-order chi connectivity index (χ0) is 27.4. The van der Waals surface area contributed by atoms with Gasteiger partial charge in [-0.1, -0.05) is 72.8 Å². The summed E-state index contributed by atoms with van der Waals surface area (Å²) in [6.07, 6.45) is 10.4. The molecule has 3 aromatic carbocycles. The largest absolute Gasteiger partial charge is 0.479 e. The Kier molecular flexibility index (Phi) is 7.99. The molecule has 0 saturated heterocycles. The summed E-state index contributed by atoms with van der Waals surface area (Å²) in [6, 6.07) is 24.5. The molecule has 39 heavy (non-hydrogen) atoms. The Bertz CT molecular complexity index is 1360. The van der Waals surface area contributed by atoms with E-state index >= 15 is 0 Å². The van der Waals surface area contributed by atoms with Crippen molar-refractivity contribution in [2.45, 2.75) is 76.5 Å². The number of nitrogens with one attached hydrogen (secondary N) is 1. The Morgan fingerprint density at radius 2 is 1.72 bits per heavy atom. The fourth-order valence-corrected chi connectivity index (χ4v) is 5.98. The molecular formula is C34H38N2O3. The molecule has 0 bridgehead atoms. The van der Waals surface area contributed by atoms with Gasteiger partial charge < -0.3 is 10.4 Å². The third kappa shape index (κ3) is 5.99. The third-order valence-corrected chi connectivity index (χ3v) is 8.31. The van der Waals surface area contributed by atoms with E-state index in [4.69, 9.17) is 0 Å². The minimum atomic E-state index is -1.08. The molecule has 2 aliphatic rings. The van der Waals surface area contributed by atoms with Crippen LogP contribution in [-0.4, -0.2) is 39.5 Å². The fourth-order valence-electron chi connectivity index (χ4n) is 5.98. The predicted octanol–water partition coefficient (Wildman–Crippen LogP) is 6.55. The van der Waals surface area contributed by atoms with Crippen molar-refractivity contribution in [1.29, 1.82) is 0 Å². The van der Waals surface area contributed by atoms with Gasteiger partial charge in [-0.25, -0.2) is 4.79 Å². The average Bonchev–Trinajstić information content (AvgIpc) is 3.75. The molecule has 5 heteroatoms. The van der Waals surface area contributed by atoms with Crippen molar-refractivity contribution in [2.75, 3.05) is 0 Å². The zero-order valence-electron chi connectivity index (χ0n) is 22.9. The molecular weight excluding hydrogens is 484 g/mol. The lowest BCUT2D eigenvalue weighted by atomic mass is 9.71. The van der Waals surface area contributed by atoms with Gasteiger partial charge in [-0.2, -0.15) is 0 Å². The highest BCUT2D eigenvalue weighted by molar-refractivity contribution is 6.03. The van der Waals surface area contributed by atoms with Crippen molar-refractivity contribution in [3.05, 3.63) is 107 Å². The van der Waals surface area contributed by atoms with Crippen molar-refractivity contribution in [3.8, 4) is 11.1 Å². The van der Waals surface area contributed by atoms with Gasteiger partial charge in [-0.05, 0) is 92.3 Å². The highest BCUT2D eigenvalue weighted by Gasteiger charge is 2.47. The van der Waals surface area contributed by atoms with Crippen LogP contribution in [0, 0.1) is 6.92 Å². The van der Waals surface area contributed by atoms with Gasteiger partial charge in [0.05, 0.1) is 0 Å². The van der Waals surface area contributed by atoms with E-state index < -0.39 is 12.0 Å². The van der Waals surface area contributed by atoms with Gasteiger partial charge >= 0.3 is 5.97 Å². The molecule has 2 saturated carbocycles. The predicted molar refractivity (Wildman–Crippen MR) is 156 cm³/mol. The summed E-state index contributed by atoms with van der Waals surface area (Å²) in [5.74, 6) is -1.47. The number of rotatable bonds is 11. The molecule has 202 valence electrons. The number of hydrogen-bond donors (Lipinski definition) is 2. The SMILES string of the molecule is C/C=C/[C@H](NC(=O)c1ccc(CN(C2CC2)C2(Cc3ccccc3)CCC2)cc1-c1ccccc1C)C(=O)O. The lowest BCUT2D eigenvalue weighted by Gasteiger charge is -2.51.